The number of anilines is 2. The molecule has 0 saturated carbocycles. The quantitative estimate of drug-likeness (QED) is 0.857. The summed E-state index contributed by atoms with van der Waals surface area (Å²) in [5.74, 6) is -0.0627. The molecule has 1 heterocycles. The highest BCUT2D eigenvalue weighted by molar-refractivity contribution is 5.58. The van der Waals surface area contributed by atoms with Crippen LogP contribution in [0.25, 0.3) is 0 Å². The Morgan fingerprint density at radius 3 is 2.94 bits per heavy atom. The number of aromatic nitrogens is 2. The predicted octanol–water partition coefficient (Wildman–Crippen LogP) is 2.54. The van der Waals surface area contributed by atoms with Crippen LogP contribution in [0, 0.1) is 24.1 Å². The third kappa shape index (κ3) is 2.55. The molecule has 0 spiro atoms. The van der Waals surface area contributed by atoms with Gasteiger partial charge in [0.2, 0.25) is 5.95 Å². The van der Waals surface area contributed by atoms with Crippen LogP contribution in [0.15, 0.2) is 30.5 Å². The van der Waals surface area contributed by atoms with Gasteiger partial charge in [-0.2, -0.15) is 5.26 Å². The lowest BCUT2D eigenvalue weighted by Crippen LogP contribution is -2.00. The van der Waals surface area contributed by atoms with E-state index in [4.69, 9.17) is 5.26 Å². The second-order valence-electron chi connectivity index (χ2n) is 3.46. The average molecular weight is 228 g/mol. The summed E-state index contributed by atoms with van der Waals surface area (Å²) >= 11 is 0. The molecule has 0 aliphatic heterocycles. The molecule has 2 rings (SSSR count). The van der Waals surface area contributed by atoms with E-state index in [1.54, 1.807) is 6.07 Å². The molecule has 0 amide bonds. The van der Waals surface area contributed by atoms with Gasteiger partial charge < -0.3 is 5.32 Å². The fourth-order valence-corrected chi connectivity index (χ4v) is 1.33. The van der Waals surface area contributed by atoms with Crippen molar-refractivity contribution in [2.45, 2.75) is 6.92 Å². The van der Waals surface area contributed by atoms with Gasteiger partial charge in [-0.3, -0.25) is 0 Å². The molecule has 1 aromatic heterocycles. The van der Waals surface area contributed by atoms with E-state index in [1.165, 1.54) is 24.4 Å². The van der Waals surface area contributed by atoms with Gasteiger partial charge in [0.1, 0.15) is 17.6 Å². The molecule has 2 aromatic rings. The minimum absolute atomic E-state index is 0.261. The van der Waals surface area contributed by atoms with E-state index >= 15 is 0 Å². The highest BCUT2D eigenvalue weighted by atomic mass is 19.1. The third-order valence-corrected chi connectivity index (χ3v) is 2.22. The lowest BCUT2D eigenvalue weighted by atomic mass is 10.2. The molecule has 0 bridgehead atoms. The van der Waals surface area contributed by atoms with Crippen molar-refractivity contribution < 1.29 is 4.39 Å². The average Bonchev–Trinajstić information content (AvgIpc) is 2.34. The highest BCUT2D eigenvalue weighted by Gasteiger charge is 2.03. The molecular formula is C12H9FN4. The zero-order valence-corrected chi connectivity index (χ0v) is 9.11. The molecule has 84 valence electrons. The highest BCUT2D eigenvalue weighted by Crippen LogP contribution is 2.19. The molecular weight excluding hydrogens is 219 g/mol. The number of aryl methyl sites for hydroxylation is 1. The van der Waals surface area contributed by atoms with Crippen molar-refractivity contribution in [2.24, 2.45) is 0 Å². The smallest absolute Gasteiger partial charge is 0.228 e. The van der Waals surface area contributed by atoms with Crippen LogP contribution in [0.5, 0.6) is 0 Å². The van der Waals surface area contributed by atoms with Crippen LogP contribution in [-0.4, -0.2) is 9.97 Å². The van der Waals surface area contributed by atoms with Crippen molar-refractivity contribution >= 4 is 11.6 Å². The summed E-state index contributed by atoms with van der Waals surface area (Å²) in [6, 6.07) is 7.82. The fourth-order valence-electron chi connectivity index (χ4n) is 1.33. The van der Waals surface area contributed by atoms with Gasteiger partial charge in [-0.1, -0.05) is 6.07 Å². The number of nitriles is 1. The Labute approximate surface area is 97.8 Å². The topological polar surface area (TPSA) is 61.6 Å². The van der Waals surface area contributed by atoms with Gasteiger partial charge in [0.05, 0.1) is 0 Å². The number of nitrogens with zero attached hydrogens (tertiary/aromatic N) is 3. The van der Waals surface area contributed by atoms with Crippen molar-refractivity contribution in [3.8, 4) is 6.07 Å². The molecule has 0 radical (unpaired) electrons. The number of nitrogens with one attached hydrogen (secondary N) is 1. The number of rotatable bonds is 2. The van der Waals surface area contributed by atoms with Gasteiger partial charge in [0.25, 0.3) is 0 Å². The Morgan fingerprint density at radius 2 is 2.18 bits per heavy atom. The van der Waals surface area contributed by atoms with Crippen LogP contribution < -0.4 is 5.32 Å². The Morgan fingerprint density at radius 1 is 1.35 bits per heavy atom. The van der Waals surface area contributed by atoms with Crippen LogP contribution in [-0.2, 0) is 0 Å². The van der Waals surface area contributed by atoms with Gasteiger partial charge in [0, 0.05) is 11.9 Å². The number of hydrogen-bond donors (Lipinski definition) is 1. The normalized spacial score (nSPS) is 9.71. The van der Waals surface area contributed by atoms with E-state index in [1.807, 2.05) is 13.0 Å². The van der Waals surface area contributed by atoms with Crippen LogP contribution in [0.1, 0.15) is 11.3 Å². The Hall–Kier alpha value is -2.48. The summed E-state index contributed by atoms with van der Waals surface area (Å²) in [5, 5.41) is 11.6. The largest absolute Gasteiger partial charge is 0.324 e. The predicted molar refractivity (Wildman–Crippen MR) is 61.2 cm³/mol. The molecule has 4 nitrogen and oxygen atoms in total. The van der Waals surface area contributed by atoms with Gasteiger partial charge in [-0.05, 0) is 30.7 Å². The Bertz CT molecular complexity index is 589. The van der Waals surface area contributed by atoms with E-state index in [2.05, 4.69) is 15.3 Å². The second kappa shape index (κ2) is 4.58. The van der Waals surface area contributed by atoms with Crippen LogP contribution >= 0.6 is 0 Å². The maximum atomic E-state index is 13.1. The molecule has 5 heteroatoms. The first-order chi connectivity index (χ1) is 8.19. The van der Waals surface area contributed by atoms with Crippen LogP contribution in [0.3, 0.4) is 0 Å². The van der Waals surface area contributed by atoms with E-state index in [9.17, 15) is 4.39 Å². The Balaban J connectivity index is 2.31. The lowest BCUT2D eigenvalue weighted by Gasteiger charge is -2.07. The molecule has 0 unspecified atom stereocenters. The van der Waals surface area contributed by atoms with E-state index in [0.29, 0.717) is 5.69 Å². The van der Waals surface area contributed by atoms with Crippen molar-refractivity contribution in [1.82, 2.24) is 9.97 Å². The maximum Gasteiger partial charge on any atom is 0.228 e. The van der Waals surface area contributed by atoms with E-state index < -0.39 is 0 Å². The number of hydrogen-bond acceptors (Lipinski definition) is 4. The summed E-state index contributed by atoms with van der Waals surface area (Å²) in [7, 11) is 0. The Kier molecular flexibility index (Phi) is 2.97. The number of benzene rings is 1. The summed E-state index contributed by atoms with van der Waals surface area (Å²) < 4.78 is 13.1. The maximum absolute atomic E-state index is 13.1. The van der Waals surface area contributed by atoms with Crippen LogP contribution in [0.4, 0.5) is 16.0 Å². The fraction of sp³-hybridized carbons (Fsp3) is 0.0833. The minimum atomic E-state index is -0.338. The van der Waals surface area contributed by atoms with Crippen molar-refractivity contribution in [3.63, 3.8) is 0 Å². The monoisotopic (exact) mass is 228 g/mol. The van der Waals surface area contributed by atoms with Gasteiger partial charge in [0.15, 0.2) is 0 Å². The van der Waals surface area contributed by atoms with Crippen LogP contribution in [0.2, 0.25) is 0 Å². The molecule has 0 saturated heterocycles. The lowest BCUT2D eigenvalue weighted by molar-refractivity contribution is 0.628. The second-order valence-corrected chi connectivity index (χ2v) is 3.46. The third-order valence-electron chi connectivity index (χ3n) is 2.22. The molecule has 0 atom stereocenters. The van der Waals surface area contributed by atoms with Crippen molar-refractivity contribution in [2.75, 3.05) is 5.32 Å². The summed E-state index contributed by atoms with van der Waals surface area (Å²) in [5.41, 5.74) is 1.72. The molecule has 1 N–H and O–H groups in total. The SMILES string of the molecule is Cc1ccc(F)cc1Nc1nccc(C#N)n1. The molecule has 0 aliphatic carbocycles. The van der Waals surface area contributed by atoms with Gasteiger partial charge in [-0.25, -0.2) is 14.4 Å². The summed E-state index contributed by atoms with van der Waals surface area (Å²) in [6.07, 6.45) is 1.47. The summed E-state index contributed by atoms with van der Waals surface area (Å²) in [6.45, 7) is 1.84. The first kappa shape index (κ1) is 11.0. The van der Waals surface area contributed by atoms with Gasteiger partial charge >= 0.3 is 0 Å². The summed E-state index contributed by atoms with van der Waals surface area (Å²) in [4.78, 5) is 7.91. The molecule has 0 fully saturated rings. The van der Waals surface area contributed by atoms with Crippen molar-refractivity contribution in [3.05, 3.63) is 47.5 Å². The zero-order chi connectivity index (χ0) is 12.3. The van der Waals surface area contributed by atoms with E-state index in [-0.39, 0.29) is 17.5 Å². The van der Waals surface area contributed by atoms with Gasteiger partial charge in [-0.15, -0.1) is 0 Å². The van der Waals surface area contributed by atoms with Crippen molar-refractivity contribution in [1.29, 1.82) is 5.26 Å². The minimum Gasteiger partial charge on any atom is -0.324 e. The number of halogens is 1. The molecule has 17 heavy (non-hydrogen) atoms. The standard InChI is InChI=1S/C12H9FN4/c1-8-2-3-9(13)6-11(8)17-12-15-5-4-10(7-14)16-12/h2-6H,1H3,(H,15,16,17). The molecule has 0 aliphatic rings. The molecule has 1 aromatic carbocycles. The first-order valence-corrected chi connectivity index (χ1v) is 4.95. The zero-order valence-electron chi connectivity index (χ0n) is 9.11. The first-order valence-electron chi connectivity index (χ1n) is 4.95. The van der Waals surface area contributed by atoms with E-state index in [0.717, 1.165) is 5.56 Å².